The van der Waals surface area contributed by atoms with E-state index >= 15 is 0 Å². The van der Waals surface area contributed by atoms with Crippen molar-refractivity contribution in [3.05, 3.63) is 35.9 Å². The summed E-state index contributed by atoms with van der Waals surface area (Å²) >= 11 is 0. The second kappa shape index (κ2) is 11.8. The van der Waals surface area contributed by atoms with E-state index in [9.17, 15) is 9.90 Å². The highest BCUT2D eigenvalue weighted by molar-refractivity contribution is 5.75. The first-order chi connectivity index (χ1) is 12.7. The quantitative estimate of drug-likeness (QED) is 0.400. The standard InChI is InChI=1S/C23H34O4/c1-18(11-9-15-26-17-20-13-7-6-8-14-20)21(24)19(2)12-10-16-27-22(25)23(3,4)5/h6-8,13-14,18-19,21,24H,9,11,15-17H2,1-5H3/t18-,19+,21+/m1/s1. The molecule has 150 valence electrons. The molecule has 1 aromatic rings. The van der Waals surface area contributed by atoms with Gasteiger partial charge in [-0.15, -0.1) is 0 Å². The number of rotatable bonds is 9. The van der Waals surface area contributed by atoms with Crippen LogP contribution in [0.3, 0.4) is 0 Å². The predicted octanol–water partition coefficient (Wildman–Crippen LogP) is 4.21. The van der Waals surface area contributed by atoms with E-state index < -0.39 is 11.5 Å². The molecule has 0 amide bonds. The van der Waals surface area contributed by atoms with Gasteiger partial charge in [-0.05, 0) is 52.0 Å². The molecule has 0 saturated heterocycles. The molecule has 27 heavy (non-hydrogen) atoms. The molecule has 0 saturated carbocycles. The zero-order valence-electron chi connectivity index (χ0n) is 17.3. The highest BCUT2D eigenvalue weighted by Crippen LogP contribution is 2.18. The topological polar surface area (TPSA) is 55.8 Å². The lowest BCUT2D eigenvalue weighted by Crippen LogP contribution is -2.25. The molecule has 0 aliphatic carbocycles. The van der Waals surface area contributed by atoms with E-state index in [4.69, 9.17) is 9.47 Å². The van der Waals surface area contributed by atoms with Gasteiger partial charge >= 0.3 is 5.97 Å². The van der Waals surface area contributed by atoms with E-state index in [2.05, 4.69) is 11.8 Å². The van der Waals surface area contributed by atoms with Crippen molar-refractivity contribution in [1.29, 1.82) is 0 Å². The first-order valence-corrected chi connectivity index (χ1v) is 9.67. The molecule has 0 radical (unpaired) electrons. The maximum Gasteiger partial charge on any atom is 0.312 e. The Balaban J connectivity index is 2.23. The molecular formula is C23H34O4. The van der Waals surface area contributed by atoms with Crippen LogP contribution < -0.4 is 0 Å². The van der Waals surface area contributed by atoms with Crippen LogP contribution in [0.4, 0.5) is 0 Å². The molecule has 0 spiro atoms. The molecule has 1 rings (SSSR count). The Morgan fingerprint density at radius 3 is 2.48 bits per heavy atom. The van der Waals surface area contributed by atoms with Gasteiger partial charge in [-0.25, -0.2) is 0 Å². The van der Waals surface area contributed by atoms with E-state index in [0.717, 1.165) is 12.8 Å². The minimum atomic E-state index is -0.524. The molecule has 0 bridgehead atoms. The van der Waals surface area contributed by atoms with Crippen molar-refractivity contribution in [3.63, 3.8) is 0 Å². The van der Waals surface area contributed by atoms with Gasteiger partial charge < -0.3 is 14.6 Å². The van der Waals surface area contributed by atoms with Gasteiger partial charge in [-0.2, -0.15) is 0 Å². The molecule has 4 heteroatoms. The van der Waals surface area contributed by atoms with Crippen molar-refractivity contribution in [1.82, 2.24) is 0 Å². The van der Waals surface area contributed by atoms with Crippen molar-refractivity contribution in [2.45, 2.75) is 60.2 Å². The first kappa shape index (κ1) is 23.2. The van der Waals surface area contributed by atoms with Crippen LogP contribution in [-0.2, 0) is 20.9 Å². The van der Waals surface area contributed by atoms with E-state index in [-0.39, 0.29) is 24.4 Å². The second-order valence-corrected chi connectivity index (χ2v) is 8.08. The van der Waals surface area contributed by atoms with Crippen molar-refractivity contribution >= 4 is 5.97 Å². The number of aliphatic hydroxyl groups excluding tert-OH is 1. The summed E-state index contributed by atoms with van der Waals surface area (Å²) in [5.74, 6) is 5.52. The van der Waals surface area contributed by atoms with Crippen LogP contribution >= 0.6 is 0 Å². The van der Waals surface area contributed by atoms with Gasteiger partial charge in [0.2, 0.25) is 0 Å². The van der Waals surface area contributed by atoms with Gasteiger partial charge in [-0.1, -0.05) is 49.1 Å². The Morgan fingerprint density at radius 2 is 1.85 bits per heavy atom. The number of benzene rings is 1. The minimum Gasteiger partial charge on any atom is -0.452 e. The van der Waals surface area contributed by atoms with E-state index in [1.807, 2.05) is 44.2 Å². The zero-order chi connectivity index (χ0) is 20.3. The van der Waals surface area contributed by atoms with Gasteiger partial charge in [-0.3, -0.25) is 4.79 Å². The SMILES string of the molecule is C[C@H](CCCOCc1ccccc1)[C@H](O)[C@@H](C)C#CCOC(=O)C(C)(C)C. The number of carbonyl (C=O) groups is 1. The molecule has 0 unspecified atom stereocenters. The number of ether oxygens (including phenoxy) is 2. The lowest BCUT2D eigenvalue weighted by molar-refractivity contribution is -0.151. The van der Waals surface area contributed by atoms with Crippen molar-refractivity contribution in [2.24, 2.45) is 17.3 Å². The molecule has 0 aromatic heterocycles. The van der Waals surface area contributed by atoms with Crippen molar-refractivity contribution < 1.29 is 19.4 Å². The van der Waals surface area contributed by atoms with Crippen LogP contribution in [0.5, 0.6) is 0 Å². The molecule has 0 heterocycles. The average Bonchev–Trinajstić information content (AvgIpc) is 2.63. The van der Waals surface area contributed by atoms with E-state index in [1.165, 1.54) is 5.56 Å². The lowest BCUT2D eigenvalue weighted by atomic mass is 9.90. The molecule has 0 aliphatic rings. The molecule has 1 N–H and O–H groups in total. The second-order valence-electron chi connectivity index (χ2n) is 8.08. The van der Waals surface area contributed by atoms with Gasteiger partial charge in [0, 0.05) is 12.5 Å². The first-order valence-electron chi connectivity index (χ1n) is 9.67. The predicted molar refractivity (Wildman–Crippen MR) is 108 cm³/mol. The fourth-order valence-corrected chi connectivity index (χ4v) is 2.54. The van der Waals surface area contributed by atoms with Gasteiger partial charge in [0.25, 0.3) is 0 Å². The van der Waals surface area contributed by atoms with E-state index in [1.54, 1.807) is 20.8 Å². The van der Waals surface area contributed by atoms with Gasteiger partial charge in [0.15, 0.2) is 6.61 Å². The van der Waals surface area contributed by atoms with Gasteiger partial charge in [0.1, 0.15) is 0 Å². The van der Waals surface area contributed by atoms with Crippen LogP contribution in [0.15, 0.2) is 30.3 Å². The van der Waals surface area contributed by atoms with Crippen LogP contribution in [0.2, 0.25) is 0 Å². The Bertz CT molecular complexity index is 607. The highest BCUT2D eigenvalue weighted by atomic mass is 16.5. The van der Waals surface area contributed by atoms with Gasteiger partial charge in [0.05, 0.1) is 18.1 Å². The van der Waals surface area contributed by atoms with Crippen LogP contribution in [0.25, 0.3) is 0 Å². The zero-order valence-corrected chi connectivity index (χ0v) is 17.3. The Morgan fingerprint density at radius 1 is 1.19 bits per heavy atom. The van der Waals surface area contributed by atoms with Crippen molar-refractivity contribution in [2.75, 3.05) is 13.2 Å². The van der Waals surface area contributed by atoms with Crippen LogP contribution in [-0.4, -0.2) is 30.4 Å². The maximum atomic E-state index is 11.7. The average molecular weight is 375 g/mol. The largest absolute Gasteiger partial charge is 0.452 e. The number of carbonyl (C=O) groups excluding carboxylic acids is 1. The Hall–Kier alpha value is -1.83. The Labute approximate surface area is 164 Å². The Kier molecular flexibility index (Phi) is 10.1. The fourth-order valence-electron chi connectivity index (χ4n) is 2.54. The summed E-state index contributed by atoms with van der Waals surface area (Å²) < 4.78 is 10.8. The smallest absolute Gasteiger partial charge is 0.312 e. The monoisotopic (exact) mass is 374 g/mol. The number of hydrogen-bond donors (Lipinski definition) is 1. The van der Waals surface area contributed by atoms with Crippen molar-refractivity contribution in [3.8, 4) is 11.8 Å². The summed E-state index contributed by atoms with van der Waals surface area (Å²) in [6.07, 6.45) is 1.26. The normalized spacial score (nSPS) is 14.6. The summed E-state index contributed by atoms with van der Waals surface area (Å²) in [6, 6.07) is 10.1. The highest BCUT2D eigenvalue weighted by Gasteiger charge is 2.22. The summed E-state index contributed by atoms with van der Waals surface area (Å²) in [4.78, 5) is 11.7. The molecule has 4 nitrogen and oxygen atoms in total. The maximum absolute atomic E-state index is 11.7. The number of aliphatic hydroxyl groups is 1. The molecule has 0 aliphatic heterocycles. The molecule has 3 atom stereocenters. The lowest BCUT2D eigenvalue weighted by Gasteiger charge is -2.21. The third-order valence-corrected chi connectivity index (χ3v) is 4.37. The van der Waals surface area contributed by atoms with Crippen LogP contribution in [0.1, 0.15) is 53.0 Å². The minimum absolute atomic E-state index is 0.0644. The fraction of sp³-hybridized carbons (Fsp3) is 0.609. The summed E-state index contributed by atoms with van der Waals surface area (Å²) in [7, 11) is 0. The third-order valence-electron chi connectivity index (χ3n) is 4.37. The molecule has 0 fully saturated rings. The third kappa shape index (κ3) is 9.60. The van der Waals surface area contributed by atoms with Crippen LogP contribution in [0, 0.1) is 29.1 Å². The summed E-state index contributed by atoms with van der Waals surface area (Å²) in [5.41, 5.74) is 0.644. The number of esters is 1. The number of hydrogen-bond acceptors (Lipinski definition) is 4. The summed E-state index contributed by atoms with van der Waals surface area (Å²) in [6.45, 7) is 10.7. The summed E-state index contributed by atoms with van der Waals surface area (Å²) in [5, 5.41) is 10.4. The van der Waals surface area contributed by atoms with E-state index in [0.29, 0.717) is 13.2 Å². The molecule has 1 aromatic carbocycles. The molecular weight excluding hydrogens is 340 g/mol.